The minimum Gasteiger partial charge on any atom is -0.331 e. The van der Waals surface area contributed by atoms with Gasteiger partial charge in [0, 0.05) is 35.5 Å². The molecule has 4 rings (SSSR count). The molecule has 5 nitrogen and oxygen atoms in total. The van der Waals surface area contributed by atoms with E-state index < -0.39 is 16.1 Å². The monoisotopic (exact) mass is 642 g/mol. The third kappa shape index (κ3) is 7.24. The molecule has 0 N–H and O–H groups in total. The Morgan fingerprint density at radius 3 is 2.44 bits per heavy atom. The van der Waals surface area contributed by atoms with Gasteiger partial charge in [-0.25, -0.2) is 12.4 Å². The van der Waals surface area contributed by atoms with Crippen molar-refractivity contribution in [3.8, 4) is 0 Å². The molecule has 2 aromatic carbocycles. The van der Waals surface area contributed by atoms with E-state index in [0.29, 0.717) is 60.1 Å². The van der Waals surface area contributed by atoms with Gasteiger partial charge in [0.05, 0.1) is 16.5 Å². The second kappa shape index (κ2) is 15.0. The van der Waals surface area contributed by atoms with E-state index in [4.69, 9.17) is 23.2 Å². The summed E-state index contributed by atoms with van der Waals surface area (Å²) in [4.78, 5) is 15.5. The molecule has 0 spiro atoms. The smallest absolute Gasteiger partial charge is 0.268 e. The lowest BCUT2D eigenvalue weighted by atomic mass is 9.70. The van der Waals surface area contributed by atoms with E-state index in [1.165, 1.54) is 16.8 Å². The minimum absolute atomic E-state index is 0.181. The Bertz CT molecular complexity index is 1530. The average molecular weight is 644 g/mol. The Morgan fingerprint density at radius 2 is 1.79 bits per heavy atom. The average Bonchev–Trinajstić information content (AvgIpc) is 3.33. The number of carbonyl (C=O) groups is 1. The Hall–Kier alpha value is -2.54. The van der Waals surface area contributed by atoms with Crippen LogP contribution in [0.4, 0.5) is 0 Å². The highest BCUT2D eigenvalue weighted by Crippen LogP contribution is 2.42. The molecule has 1 heterocycles. The second-order valence-corrected chi connectivity index (χ2v) is 14.5. The van der Waals surface area contributed by atoms with Crippen molar-refractivity contribution in [2.24, 2.45) is 23.7 Å². The quantitative estimate of drug-likeness (QED) is 0.138. The molecule has 43 heavy (non-hydrogen) atoms. The summed E-state index contributed by atoms with van der Waals surface area (Å²) in [5.41, 5.74) is 1.94. The normalized spacial score (nSPS) is 20.1. The topological polar surface area (TPSA) is 59.4 Å². The van der Waals surface area contributed by atoms with E-state index in [1.807, 2.05) is 24.3 Å². The summed E-state index contributed by atoms with van der Waals surface area (Å²) in [6.07, 6.45) is 10.5. The van der Waals surface area contributed by atoms with Gasteiger partial charge in [-0.15, -0.1) is 29.8 Å². The maximum atomic E-state index is 14.3. The fourth-order valence-electron chi connectivity index (χ4n) is 6.75. The summed E-state index contributed by atoms with van der Waals surface area (Å²) in [5.74, 6) is 2.05. The summed E-state index contributed by atoms with van der Waals surface area (Å²) in [6, 6.07) is 15.5. The van der Waals surface area contributed by atoms with Gasteiger partial charge in [0.25, 0.3) is 10.0 Å². The fraction of sp³-hybridized carbons (Fsp3) is 0.457. The highest BCUT2D eigenvalue weighted by atomic mass is 35.5. The van der Waals surface area contributed by atoms with Crippen molar-refractivity contribution in [3.63, 3.8) is 0 Å². The standard InChI is InChI=1S/C35H44Cl2N2O3S/c1-5-12-33-35(30-15-9-10-16-31(30)39(33)43(41,42)28-13-7-6-8-14-28)32(38(22-11-21-36)34(40)24-37)20-18-27-23-26(4)17-19-29(27)25(2)3/h5-10,13-16,18,20,25-27,29,32H,1,11-12,17,19,21-24H2,2-4H3/b20-18+/t26-,27-,29+,32+/m1/s1. The number of para-hydroxylation sites is 1. The number of nitrogens with zero attached hydrogens (tertiary/aromatic N) is 2. The van der Waals surface area contributed by atoms with Crippen molar-refractivity contribution in [1.82, 2.24) is 8.87 Å². The molecule has 1 aliphatic rings. The number of aromatic nitrogens is 1. The molecule has 0 aliphatic heterocycles. The fourth-order valence-corrected chi connectivity index (χ4v) is 8.61. The number of halogens is 2. The van der Waals surface area contributed by atoms with Gasteiger partial charge in [0.2, 0.25) is 5.91 Å². The van der Waals surface area contributed by atoms with E-state index in [9.17, 15) is 13.2 Å². The molecular formula is C35H44Cl2N2O3S. The van der Waals surface area contributed by atoms with Crippen LogP contribution in [-0.4, -0.2) is 41.5 Å². The highest BCUT2D eigenvalue weighted by Gasteiger charge is 2.34. The highest BCUT2D eigenvalue weighted by molar-refractivity contribution is 7.90. The first kappa shape index (κ1) is 33.4. The predicted octanol–water partition coefficient (Wildman–Crippen LogP) is 8.61. The molecule has 1 fully saturated rings. The van der Waals surface area contributed by atoms with E-state index in [2.05, 4.69) is 39.5 Å². The van der Waals surface area contributed by atoms with Crippen molar-refractivity contribution in [1.29, 1.82) is 0 Å². The lowest BCUT2D eigenvalue weighted by Crippen LogP contribution is -2.37. The number of rotatable bonds is 13. The van der Waals surface area contributed by atoms with Gasteiger partial charge >= 0.3 is 0 Å². The van der Waals surface area contributed by atoms with Gasteiger partial charge < -0.3 is 4.90 Å². The van der Waals surface area contributed by atoms with Crippen LogP contribution in [0.2, 0.25) is 0 Å². The summed E-state index contributed by atoms with van der Waals surface area (Å²) >= 11 is 12.3. The molecule has 0 bridgehead atoms. The van der Waals surface area contributed by atoms with Crippen molar-refractivity contribution in [2.75, 3.05) is 18.3 Å². The summed E-state index contributed by atoms with van der Waals surface area (Å²) < 4.78 is 30.0. The number of allylic oxidation sites excluding steroid dienone is 2. The molecule has 1 amide bonds. The molecule has 232 valence electrons. The number of hydrogen-bond acceptors (Lipinski definition) is 3. The number of carbonyl (C=O) groups excluding carboxylic acids is 1. The van der Waals surface area contributed by atoms with Crippen molar-refractivity contribution >= 4 is 50.0 Å². The van der Waals surface area contributed by atoms with Gasteiger partial charge in [0.1, 0.15) is 5.88 Å². The summed E-state index contributed by atoms with van der Waals surface area (Å²) in [5, 5.41) is 0.782. The van der Waals surface area contributed by atoms with Crippen LogP contribution < -0.4 is 0 Å². The van der Waals surface area contributed by atoms with Crippen LogP contribution >= 0.6 is 23.2 Å². The third-order valence-corrected chi connectivity index (χ3v) is 11.1. The molecule has 8 heteroatoms. The van der Waals surface area contributed by atoms with Gasteiger partial charge in [-0.3, -0.25) is 4.79 Å². The molecule has 0 unspecified atom stereocenters. The van der Waals surface area contributed by atoms with Gasteiger partial charge in [-0.2, -0.15) is 0 Å². The minimum atomic E-state index is -3.97. The summed E-state index contributed by atoms with van der Waals surface area (Å²) in [6.45, 7) is 11.3. The predicted molar refractivity (Wildman–Crippen MR) is 179 cm³/mol. The van der Waals surface area contributed by atoms with Gasteiger partial charge in [-0.1, -0.05) is 81.8 Å². The lowest BCUT2D eigenvalue weighted by Gasteiger charge is -2.37. The van der Waals surface area contributed by atoms with Crippen LogP contribution in [0.1, 0.15) is 63.8 Å². The molecule has 1 aliphatic carbocycles. The van der Waals surface area contributed by atoms with Gasteiger partial charge in [0.15, 0.2) is 0 Å². The zero-order valence-corrected chi connectivity index (χ0v) is 27.8. The maximum absolute atomic E-state index is 14.3. The van der Waals surface area contributed by atoms with Crippen LogP contribution in [-0.2, 0) is 21.2 Å². The van der Waals surface area contributed by atoms with Gasteiger partial charge in [-0.05, 0) is 61.1 Å². The Morgan fingerprint density at radius 1 is 1.09 bits per heavy atom. The molecule has 1 aromatic heterocycles. The van der Waals surface area contributed by atoms with Crippen molar-refractivity contribution in [2.45, 2.75) is 63.8 Å². The van der Waals surface area contributed by atoms with Crippen LogP contribution in [0.25, 0.3) is 10.9 Å². The molecule has 4 atom stereocenters. The second-order valence-electron chi connectivity index (χ2n) is 12.0. The summed E-state index contributed by atoms with van der Waals surface area (Å²) in [7, 11) is -3.97. The van der Waals surface area contributed by atoms with Crippen LogP contribution in [0, 0.1) is 23.7 Å². The zero-order chi connectivity index (χ0) is 31.1. The Balaban J connectivity index is 2.01. The Kier molecular flexibility index (Phi) is 11.6. The van der Waals surface area contributed by atoms with E-state index >= 15 is 0 Å². The largest absolute Gasteiger partial charge is 0.331 e. The Labute approximate surface area is 267 Å². The number of hydrogen-bond donors (Lipinski definition) is 0. The van der Waals surface area contributed by atoms with Crippen LogP contribution in [0.3, 0.4) is 0 Å². The number of benzene rings is 2. The SMILES string of the molecule is C=CCc1c([C@H](/C=C/[C@@H]2C[C@H](C)CC[C@H]2C(C)C)N(CCCCl)C(=O)CCl)c2ccccc2n1S(=O)(=O)c1ccccc1. The first-order valence-corrected chi connectivity index (χ1v) is 17.8. The molecule has 1 saturated carbocycles. The van der Waals surface area contributed by atoms with Crippen LogP contribution in [0.5, 0.6) is 0 Å². The molecular weight excluding hydrogens is 599 g/mol. The first-order chi connectivity index (χ1) is 20.6. The molecule has 0 radical (unpaired) electrons. The first-order valence-electron chi connectivity index (χ1n) is 15.3. The van der Waals surface area contributed by atoms with Crippen molar-refractivity contribution in [3.05, 3.63) is 90.7 Å². The molecule has 0 saturated heterocycles. The van der Waals surface area contributed by atoms with Crippen molar-refractivity contribution < 1.29 is 13.2 Å². The number of alkyl halides is 2. The van der Waals surface area contributed by atoms with E-state index in [0.717, 1.165) is 17.4 Å². The molecule has 3 aromatic rings. The number of fused-ring (bicyclic) bond motifs is 1. The third-order valence-electron chi connectivity index (χ3n) is 8.80. The number of amides is 1. The van der Waals surface area contributed by atoms with E-state index in [-0.39, 0.29) is 16.7 Å². The van der Waals surface area contributed by atoms with Crippen LogP contribution in [0.15, 0.2) is 84.3 Å². The maximum Gasteiger partial charge on any atom is 0.268 e. The lowest BCUT2D eigenvalue weighted by molar-refractivity contribution is -0.130. The zero-order valence-electron chi connectivity index (χ0n) is 25.5. The van der Waals surface area contributed by atoms with E-state index in [1.54, 1.807) is 41.3 Å².